The predicted octanol–water partition coefficient (Wildman–Crippen LogP) is 5.49. The summed E-state index contributed by atoms with van der Waals surface area (Å²) in [4.78, 5) is 17.3. The van der Waals surface area contributed by atoms with E-state index >= 15 is 0 Å². The molecular formula is C23H21ClN4O2S. The maximum absolute atomic E-state index is 12.6. The number of rotatable bonds is 7. The molecule has 0 aliphatic heterocycles. The van der Waals surface area contributed by atoms with E-state index in [2.05, 4.69) is 21.5 Å². The molecule has 0 radical (unpaired) electrons. The summed E-state index contributed by atoms with van der Waals surface area (Å²) < 4.78 is 7.53. The van der Waals surface area contributed by atoms with Crippen LogP contribution < -0.4 is 10.1 Å². The van der Waals surface area contributed by atoms with Gasteiger partial charge in [-0.05, 0) is 66.2 Å². The summed E-state index contributed by atoms with van der Waals surface area (Å²) in [5.41, 5.74) is 4.29. The molecule has 0 saturated carbocycles. The Hall–Kier alpha value is -3.16. The number of benzene rings is 2. The van der Waals surface area contributed by atoms with Crippen molar-refractivity contribution in [1.29, 1.82) is 0 Å². The van der Waals surface area contributed by atoms with Crippen LogP contribution in [0.2, 0.25) is 5.02 Å². The normalized spacial score (nSPS) is 10.8. The van der Waals surface area contributed by atoms with Gasteiger partial charge in [0.2, 0.25) is 5.95 Å². The summed E-state index contributed by atoms with van der Waals surface area (Å²) in [7, 11) is 0. The monoisotopic (exact) mass is 452 g/mol. The number of thiophene rings is 1. The lowest BCUT2D eigenvalue weighted by Gasteiger charge is -2.07. The van der Waals surface area contributed by atoms with Crippen LogP contribution in [-0.2, 0) is 13.2 Å². The Kier molecular flexibility index (Phi) is 6.34. The zero-order valence-electron chi connectivity index (χ0n) is 17.1. The van der Waals surface area contributed by atoms with Gasteiger partial charge in [0.25, 0.3) is 5.91 Å². The average molecular weight is 453 g/mol. The van der Waals surface area contributed by atoms with Crippen molar-refractivity contribution in [1.82, 2.24) is 14.8 Å². The molecule has 8 heteroatoms. The van der Waals surface area contributed by atoms with Gasteiger partial charge in [-0.3, -0.25) is 10.1 Å². The molecule has 0 aliphatic rings. The first-order chi connectivity index (χ1) is 14.9. The minimum absolute atomic E-state index is 0.244. The fourth-order valence-electron chi connectivity index (χ4n) is 3.12. The molecule has 0 spiro atoms. The van der Waals surface area contributed by atoms with Gasteiger partial charge in [0.1, 0.15) is 18.7 Å². The van der Waals surface area contributed by atoms with Crippen LogP contribution in [0.5, 0.6) is 5.75 Å². The highest BCUT2D eigenvalue weighted by atomic mass is 35.5. The van der Waals surface area contributed by atoms with Gasteiger partial charge >= 0.3 is 0 Å². The molecule has 0 bridgehead atoms. The number of amides is 1. The molecule has 6 nitrogen and oxygen atoms in total. The van der Waals surface area contributed by atoms with E-state index in [1.54, 1.807) is 11.0 Å². The van der Waals surface area contributed by atoms with Gasteiger partial charge in [-0.15, -0.1) is 16.4 Å². The summed E-state index contributed by atoms with van der Waals surface area (Å²) in [5, 5.41) is 9.66. The van der Waals surface area contributed by atoms with Crippen molar-refractivity contribution < 1.29 is 9.53 Å². The molecule has 1 amide bonds. The van der Waals surface area contributed by atoms with Crippen molar-refractivity contribution in [2.45, 2.75) is 27.0 Å². The predicted molar refractivity (Wildman–Crippen MR) is 123 cm³/mol. The maximum Gasteiger partial charge on any atom is 0.268 e. The van der Waals surface area contributed by atoms with Crippen LogP contribution in [0, 0.1) is 13.8 Å². The van der Waals surface area contributed by atoms with E-state index in [0.717, 1.165) is 28.0 Å². The first kappa shape index (κ1) is 21.1. The summed E-state index contributed by atoms with van der Waals surface area (Å²) in [6.45, 7) is 5.02. The van der Waals surface area contributed by atoms with Crippen molar-refractivity contribution in [3.05, 3.63) is 92.4 Å². The molecule has 4 aromatic rings. The van der Waals surface area contributed by atoms with Crippen LogP contribution in [-0.4, -0.2) is 20.7 Å². The van der Waals surface area contributed by atoms with Gasteiger partial charge in [0, 0.05) is 10.6 Å². The lowest BCUT2D eigenvalue weighted by Crippen LogP contribution is -2.12. The Morgan fingerprint density at radius 1 is 1.10 bits per heavy atom. The van der Waals surface area contributed by atoms with E-state index in [1.165, 1.54) is 11.3 Å². The molecule has 2 heterocycles. The Bertz CT molecular complexity index is 1180. The lowest BCUT2D eigenvalue weighted by molar-refractivity contribution is 0.102. The zero-order valence-corrected chi connectivity index (χ0v) is 18.7. The molecule has 0 aliphatic carbocycles. The highest BCUT2D eigenvalue weighted by Gasteiger charge is 2.12. The second-order valence-corrected chi connectivity index (χ2v) is 8.63. The van der Waals surface area contributed by atoms with Crippen molar-refractivity contribution in [3.8, 4) is 5.75 Å². The number of nitrogens with zero attached hydrogens (tertiary/aromatic N) is 3. The second kappa shape index (κ2) is 9.32. The quantitative estimate of drug-likeness (QED) is 0.402. The largest absolute Gasteiger partial charge is 0.489 e. The smallest absolute Gasteiger partial charge is 0.268 e. The summed E-state index contributed by atoms with van der Waals surface area (Å²) in [6.07, 6.45) is 1.59. The van der Waals surface area contributed by atoms with Gasteiger partial charge in [0.15, 0.2) is 0 Å². The lowest BCUT2D eigenvalue weighted by atomic mass is 10.1. The molecule has 31 heavy (non-hydrogen) atoms. The van der Waals surface area contributed by atoms with Crippen molar-refractivity contribution in [2.75, 3.05) is 5.32 Å². The minimum Gasteiger partial charge on any atom is -0.489 e. The van der Waals surface area contributed by atoms with Gasteiger partial charge in [0.05, 0.1) is 11.4 Å². The number of carbonyl (C=O) groups is 1. The van der Waals surface area contributed by atoms with Crippen molar-refractivity contribution in [3.63, 3.8) is 0 Å². The van der Waals surface area contributed by atoms with Gasteiger partial charge < -0.3 is 4.74 Å². The number of hydrogen-bond donors (Lipinski definition) is 1. The van der Waals surface area contributed by atoms with Crippen LogP contribution in [0.25, 0.3) is 0 Å². The molecule has 0 fully saturated rings. The molecule has 0 unspecified atom stereocenters. The molecule has 2 aromatic heterocycles. The van der Waals surface area contributed by atoms with Crippen LogP contribution in [0.1, 0.15) is 31.9 Å². The van der Waals surface area contributed by atoms with E-state index < -0.39 is 0 Å². The zero-order chi connectivity index (χ0) is 21.8. The Labute approximate surface area is 189 Å². The summed E-state index contributed by atoms with van der Waals surface area (Å²) >= 11 is 7.27. The van der Waals surface area contributed by atoms with Crippen LogP contribution in [0.15, 0.2) is 60.2 Å². The molecule has 0 atom stereocenters. The SMILES string of the molecule is Cc1cc(C)cc(OCc2csc(C(=O)Nc3ncn(Cc4ccc(Cl)cc4)n3)c2)c1. The van der Waals surface area contributed by atoms with E-state index in [0.29, 0.717) is 23.1 Å². The van der Waals surface area contributed by atoms with Crippen LogP contribution in [0.3, 0.4) is 0 Å². The van der Waals surface area contributed by atoms with E-state index in [4.69, 9.17) is 16.3 Å². The number of hydrogen-bond acceptors (Lipinski definition) is 5. The highest BCUT2D eigenvalue weighted by Crippen LogP contribution is 2.21. The Morgan fingerprint density at radius 2 is 1.84 bits per heavy atom. The van der Waals surface area contributed by atoms with Crippen LogP contribution >= 0.6 is 22.9 Å². The number of ether oxygens (including phenoxy) is 1. The average Bonchev–Trinajstić information content (AvgIpc) is 3.37. The minimum atomic E-state index is -0.244. The standard InChI is InChI=1S/C23H21ClN4O2S/c1-15-7-16(2)9-20(8-15)30-12-18-10-21(31-13-18)22(29)26-23-25-14-28(27-23)11-17-3-5-19(24)6-4-17/h3-10,13-14H,11-12H2,1-2H3,(H,26,27,29). The second-order valence-electron chi connectivity index (χ2n) is 7.28. The number of carbonyl (C=O) groups excluding carboxylic acids is 1. The summed E-state index contributed by atoms with van der Waals surface area (Å²) in [6, 6.07) is 15.4. The van der Waals surface area contributed by atoms with E-state index in [9.17, 15) is 4.79 Å². The number of aryl methyl sites for hydroxylation is 2. The molecule has 158 valence electrons. The van der Waals surface area contributed by atoms with Crippen LogP contribution in [0.4, 0.5) is 5.95 Å². The van der Waals surface area contributed by atoms with Crippen molar-refractivity contribution in [2.24, 2.45) is 0 Å². The topological polar surface area (TPSA) is 69.0 Å². The molecule has 2 aromatic carbocycles. The molecule has 4 rings (SSSR count). The van der Waals surface area contributed by atoms with Gasteiger partial charge in [-0.25, -0.2) is 9.67 Å². The fourth-order valence-corrected chi connectivity index (χ4v) is 4.04. The number of aromatic nitrogens is 3. The Morgan fingerprint density at radius 3 is 2.58 bits per heavy atom. The number of nitrogens with one attached hydrogen (secondary N) is 1. The van der Waals surface area contributed by atoms with Gasteiger partial charge in [-0.1, -0.05) is 29.8 Å². The fraction of sp³-hybridized carbons (Fsp3) is 0.174. The Balaban J connectivity index is 1.33. The maximum atomic E-state index is 12.6. The van der Waals surface area contributed by atoms with Gasteiger partial charge in [-0.2, -0.15) is 0 Å². The van der Waals surface area contributed by atoms with E-state index in [1.807, 2.05) is 61.7 Å². The third kappa shape index (κ3) is 5.71. The molecular weight excluding hydrogens is 432 g/mol. The molecule has 1 N–H and O–H groups in total. The first-order valence-electron chi connectivity index (χ1n) is 9.68. The van der Waals surface area contributed by atoms with Crippen molar-refractivity contribution >= 4 is 34.8 Å². The number of anilines is 1. The summed E-state index contributed by atoms with van der Waals surface area (Å²) in [5.74, 6) is 0.845. The highest BCUT2D eigenvalue weighted by molar-refractivity contribution is 7.12. The third-order valence-corrected chi connectivity index (χ3v) is 5.73. The third-order valence-electron chi connectivity index (χ3n) is 4.50. The van der Waals surface area contributed by atoms with E-state index in [-0.39, 0.29) is 11.9 Å². The first-order valence-corrected chi connectivity index (χ1v) is 10.9. The molecule has 0 saturated heterocycles. The number of halogens is 1.